The summed E-state index contributed by atoms with van der Waals surface area (Å²) in [4.78, 5) is 14.4. The van der Waals surface area contributed by atoms with Crippen LogP contribution in [0.5, 0.6) is 0 Å². The highest BCUT2D eigenvalue weighted by molar-refractivity contribution is 7.99. The van der Waals surface area contributed by atoms with E-state index in [2.05, 4.69) is 19.2 Å². The normalized spacial score (nSPS) is 12.6. The maximum absolute atomic E-state index is 12.0. The SMILES string of the molecule is CCc1nn(CC(C)NC(=O)OC(C)(C)C)c(CC)c1Sc1ccc(N)cc1. The number of benzene rings is 1. The molecule has 1 unspecified atom stereocenters. The van der Waals surface area contributed by atoms with Crippen molar-refractivity contribution in [2.75, 3.05) is 5.73 Å². The van der Waals surface area contributed by atoms with E-state index in [-0.39, 0.29) is 6.04 Å². The molecule has 6 nitrogen and oxygen atoms in total. The zero-order valence-corrected chi connectivity index (χ0v) is 18.5. The van der Waals surface area contributed by atoms with Gasteiger partial charge in [-0.3, -0.25) is 4.68 Å². The van der Waals surface area contributed by atoms with E-state index in [4.69, 9.17) is 15.6 Å². The average molecular weight is 405 g/mol. The maximum Gasteiger partial charge on any atom is 0.407 e. The van der Waals surface area contributed by atoms with Gasteiger partial charge in [0.1, 0.15) is 5.60 Å². The molecule has 1 atom stereocenters. The second-order valence-electron chi connectivity index (χ2n) is 7.83. The van der Waals surface area contributed by atoms with Gasteiger partial charge in [0.05, 0.1) is 22.8 Å². The zero-order chi connectivity index (χ0) is 20.9. The lowest BCUT2D eigenvalue weighted by molar-refractivity contribution is 0.0503. The van der Waals surface area contributed by atoms with Crippen molar-refractivity contribution in [3.63, 3.8) is 0 Å². The van der Waals surface area contributed by atoms with Crippen LogP contribution in [0.3, 0.4) is 0 Å². The van der Waals surface area contributed by atoms with Gasteiger partial charge in [0, 0.05) is 16.6 Å². The van der Waals surface area contributed by atoms with Crippen molar-refractivity contribution in [1.82, 2.24) is 15.1 Å². The first-order chi connectivity index (χ1) is 13.1. The molecule has 0 radical (unpaired) electrons. The van der Waals surface area contributed by atoms with Crippen LogP contribution in [0.1, 0.15) is 52.9 Å². The Labute approximate surface area is 172 Å². The number of nitrogens with zero attached hydrogens (tertiary/aromatic N) is 2. The standard InChI is InChI=1S/C21H32N4O2S/c1-7-17-19(28-16-11-9-15(22)10-12-16)18(8-2)25(24-17)13-14(3)23-20(26)27-21(4,5)6/h9-12,14H,7-8,13,22H2,1-6H3,(H,23,26). The van der Waals surface area contributed by atoms with Crippen molar-refractivity contribution in [1.29, 1.82) is 0 Å². The van der Waals surface area contributed by atoms with Gasteiger partial charge in [0.2, 0.25) is 0 Å². The number of carbonyl (C=O) groups is 1. The molecule has 0 aliphatic heterocycles. The van der Waals surface area contributed by atoms with Crippen LogP contribution in [-0.2, 0) is 24.1 Å². The van der Waals surface area contributed by atoms with E-state index in [9.17, 15) is 4.79 Å². The number of aryl methyl sites for hydroxylation is 1. The van der Waals surface area contributed by atoms with Gasteiger partial charge in [-0.15, -0.1) is 0 Å². The van der Waals surface area contributed by atoms with Crippen molar-refractivity contribution in [3.8, 4) is 0 Å². The summed E-state index contributed by atoms with van der Waals surface area (Å²) in [6.07, 6.45) is 1.31. The Balaban J connectivity index is 2.17. The summed E-state index contributed by atoms with van der Waals surface area (Å²) in [6.45, 7) is 12.4. The topological polar surface area (TPSA) is 82.2 Å². The number of ether oxygens (including phenoxy) is 1. The molecular weight excluding hydrogens is 372 g/mol. The van der Waals surface area contributed by atoms with Crippen LogP contribution < -0.4 is 11.1 Å². The van der Waals surface area contributed by atoms with Crippen LogP contribution in [0.2, 0.25) is 0 Å². The van der Waals surface area contributed by atoms with E-state index in [0.29, 0.717) is 6.54 Å². The van der Waals surface area contributed by atoms with E-state index in [1.54, 1.807) is 11.8 Å². The molecule has 1 heterocycles. The Morgan fingerprint density at radius 3 is 2.43 bits per heavy atom. The minimum absolute atomic E-state index is 0.0980. The van der Waals surface area contributed by atoms with Crippen LogP contribution in [0.4, 0.5) is 10.5 Å². The Morgan fingerprint density at radius 2 is 1.89 bits per heavy atom. The molecule has 2 aromatic rings. The molecule has 1 amide bonds. The third-order valence-electron chi connectivity index (χ3n) is 4.06. The van der Waals surface area contributed by atoms with Crippen LogP contribution in [0, 0.1) is 0 Å². The maximum atomic E-state index is 12.0. The number of hydrogen-bond donors (Lipinski definition) is 2. The molecule has 1 aromatic heterocycles. The lowest BCUT2D eigenvalue weighted by Gasteiger charge is -2.22. The first-order valence-corrected chi connectivity index (χ1v) is 10.6. The number of hydrogen-bond acceptors (Lipinski definition) is 5. The molecule has 0 spiro atoms. The monoisotopic (exact) mass is 404 g/mol. The molecule has 28 heavy (non-hydrogen) atoms. The summed E-state index contributed by atoms with van der Waals surface area (Å²) in [5, 5.41) is 7.71. The quantitative estimate of drug-likeness (QED) is 0.656. The predicted molar refractivity (Wildman–Crippen MR) is 115 cm³/mol. The second kappa shape index (κ2) is 9.37. The molecule has 0 aliphatic rings. The molecular formula is C21H32N4O2S. The Morgan fingerprint density at radius 1 is 1.25 bits per heavy atom. The fourth-order valence-electron chi connectivity index (χ4n) is 2.85. The van der Waals surface area contributed by atoms with Crippen LogP contribution in [0.25, 0.3) is 0 Å². The number of nitrogens with one attached hydrogen (secondary N) is 1. The third kappa shape index (κ3) is 6.19. The van der Waals surface area contributed by atoms with Crippen molar-refractivity contribution in [2.24, 2.45) is 0 Å². The Bertz CT molecular complexity index is 794. The number of rotatable bonds is 7. The number of alkyl carbamates (subject to hydrolysis) is 1. The number of carbonyl (C=O) groups excluding carboxylic acids is 1. The van der Waals surface area contributed by atoms with E-state index < -0.39 is 11.7 Å². The number of nitrogen functional groups attached to an aromatic ring is 1. The van der Waals surface area contributed by atoms with Crippen molar-refractivity contribution < 1.29 is 9.53 Å². The van der Waals surface area contributed by atoms with E-state index in [0.717, 1.165) is 29.1 Å². The molecule has 7 heteroatoms. The van der Waals surface area contributed by atoms with Gasteiger partial charge in [-0.25, -0.2) is 4.79 Å². The Kier molecular flexibility index (Phi) is 7.41. The molecule has 2 rings (SSSR count). The fraction of sp³-hybridized carbons (Fsp3) is 0.524. The van der Waals surface area contributed by atoms with Crippen molar-refractivity contribution >= 4 is 23.5 Å². The van der Waals surface area contributed by atoms with Crippen LogP contribution in [0.15, 0.2) is 34.1 Å². The van der Waals surface area contributed by atoms with Gasteiger partial charge in [-0.05, 0) is 64.8 Å². The highest BCUT2D eigenvalue weighted by atomic mass is 32.2. The number of anilines is 1. The number of aromatic nitrogens is 2. The molecule has 0 saturated carbocycles. The molecule has 0 fully saturated rings. The van der Waals surface area contributed by atoms with Crippen LogP contribution in [-0.4, -0.2) is 27.5 Å². The fourth-order valence-corrected chi connectivity index (χ4v) is 4.02. The van der Waals surface area contributed by atoms with Crippen LogP contribution >= 0.6 is 11.8 Å². The summed E-state index contributed by atoms with van der Waals surface area (Å²) in [5.41, 5.74) is 8.29. The summed E-state index contributed by atoms with van der Waals surface area (Å²) < 4.78 is 7.36. The first-order valence-electron chi connectivity index (χ1n) is 9.74. The third-order valence-corrected chi connectivity index (χ3v) is 5.24. The summed E-state index contributed by atoms with van der Waals surface area (Å²) in [5.74, 6) is 0. The van der Waals surface area contributed by atoms with Gasteiger partial charge >= 0.3 is 6.09 Å². The lowest BCUT2D eigenvalue weighted by Crippen LogP contribution is -2.40. The zero-order valence-electron chi connectivity index (χ0n) is 17.7. The molecule has 1 aromatic carbocycles. The van der Waals surface area contributed by atoms with Gasteiger partial charge in [-0.1, -0.05) is 25.6 Å². The van der Waals surface area contributed by atoms with Crippen molar-refractivity contribution in [3.05, 3.63) is 35.7 Å². The second-order valence-corrected chi connectivity index (χ2v) is 8.91. The first kappa shape index (κ1) is 22.1. The summed E-state index contributed by atoms with van der Waals surface area (Å²) >= 11 is 1.72. The summed E-state index contributed by atoms with van der Waals surface area (Å²) in [6, 6.07) is 7.79. The number of nitrogens with two attached hydrogens (primary N) is 1. The van der Waals surface area contributed by atoms with E-state index in [1.807, 2.05) is 56.6 Å². The van der Waals surface area contributed by atoms with Gasteiger partial charge in [0.25, 0.3) is 0 Å². The average Bonchev–Trinajstić information content (AvgIpc) is 2.91. The molecule has 3 N–H and O–H groups in total. The van der Waals surface area contributed by atoms with Crippen molar-refractivity contribution in [2.45, 2.75) is 82.4 Å². The van der Waals surface area contributed by atoms with Gasteiger partial charge < -0.3 is 15.8 Å². The minimum atomic E-state index is -0.512. The smallest absolute Gasteiger partial charge is 0.407 e. The highest BCUT2D eigenvalue weighted by Gasteiger charge is 2.21. The van der Waals surface area contributed by atoms with Gasteiger partial charge in [-0.2, -0.15) is 5.10 Å². The lowest BCUT2D eigenvalue weighted by atomic mass is 10.2. The molecule has 0 saturated heterocycles. The van der Waals surface area contributed by atoms with Gasteiger partial charge in [0.15, 0.2) is 0 Å². The van der Waals surface area contributed by atoms with E-state index in [1.165, 1.54) is 10.6 Å². The molecule has 154 valence electrons. The molecule has 0 aliphatic carbocycles. The number of amides is 1. The molecule has 0 bridgehead atoms. The van der Waals surface area contributed by atoms with E-state index >= 15 is 0 Å². The minimum Gasteiger partial charge on any atom is -0.444 e. The Hall–Kier alpha value is -2.15. The summed E-state index contributed by atoms with van der Waals surface area (Å²) in [7, 11) is 0. The highest BCUT2D eigenvalue weighted by Crippen LogP contribution is 2.34. The largest absolute Gasteiger partial charge is 0.444 e. The predicted octanol–water partition coefficient (Wildman–Crippen LogP) is 4.65.